The second-order valence-corrected chi connectivity index (χ2v) is 6.96. The van der Waals surface area contributed by atoms with Gasteiger partial charge in [-0.2, -0.15) is 0 Å². The normalized spacial score (nSPS) is 16.5. The molecule has 0 saturated heterocycles. The molecule has 1 N–H and O–H groups in total. The quantitative estimate of drug-likeness (QED) is 0.652. The molecule has 142 valence electrons. The van der Waals surface area contributed by atoms with E-state index in [-0.39, 0.29) is 12.7 Å². The summed E-state index contributed by atoms with van der Waals surface area (Å²) in [5.74, 6) is 0.940. The Balaban J connectivity index is 1.67. The molecule has 4 nitrogen and oxygen atoms in total. The Labute approximate surface area is 164 Å². The van der Waals surface area contributed by atoms with Gasteiger partial charge in [0.15, 0.2) is 0 Å². The van der Waals surface area contributed by atoms with Crippen LogP contribution in [0.2, 0.25) is 0 Å². The van der Waals surface area contributed by atoms with E-state index in [9.17, 15) is 0 Å². The van der Waals surface area contributed by atoms with Crippen molar-refractivity contribution >= 4 is 16.8 Å². The molecule has 3 aromatic rings. The average molecular weight is 374 g/mol. The van der Waals surface area contributed by atoms with Gasteiger partial charge in [-0.05, 0) is 28.2 Å². The molecule has 3 aromatic carbocycles. The summed E-state index contributed by atoms with van der Waals surface area (Å²) in [5.41, 5.74) is 5.92. The minimum Gasteiger partial charge on any atom is -0.488 e. The van der Waals surface area contributed by atoms with Crippen LogP contribution >= 0.6 is 0 Å². The lowest BCUT2D eigenvalue weighted by molar-refractivity contribution is 0.0117. The molecule has 0 bridgehead atoms. The first-order valence-corrected chi connectivity index (χ1v) is 9.67. The summed E-state index contributed by atoms with van der Waals surface area (Å²) in [4.78, 5) is 0. The molecule has 0 radical (unpaired) electrons. The van der Waals surface area contributed by atoms with Gasteiger partial charge in [-0.25, -0.2) is 0 Å². The number of aliphatic hydroxyl groups is 1. The molecular formula is C24H22O4. The average Bonchev–Trinajstić information content (AvgIpc) is 3.09. The monoisotopic (exact) mass is 374 g/mol. The van der Waals surface area contributed by atoms with Gasteiger partial charge in [0.05, 0.1) is 26.4 Å². The lowest BCUT2D eigenvalue weighted by Gasteiger charge is -2.23. The van der Waals surface area contributed by atoms with Crippen molar-refractivity contribution in [2.75, 3.05) is 33.0 Å². The van der Waals surface area contributed by atoms with Crippen LogP contribution in [0.1, 0.15) is 22.8 Å². The number of fused-ring (bicyclic) bond motifs is 8. The Morgan fingerprint density at radius 1 is 0.964 bits per heavy atom. The summed E-state index contributed by atoms with van der Waals surface area (Å²) in [5, 5.41) is 11.2. The number of ether oxygens (including phenoxy) is 3. The standard InChI is InChI=1S/C24H22O4/c25-11-13-26-14-15-28-24-19-9-4-2-7-17(19)21-16-6-1-3-8-18(16)23-20(22(21)24)10-5-12-27-23/h1-10,24-25H,11-15H2. The highest BCUT2D eigenvalue weighted by Gasteiger charge is 2.35. The smallest absolute Gasteiger partial charge is 0.135 e. The summed E-state index contributed by atoms with van der Waals surface area (Å²) in [7, 11) is 0. The van der Waals surface area contributed by atoms with Gasteiger partial charge in [0.25, 0.3) is 0 Å². The molecule has 0 spiro atoms. The fraction of sp³-hybridized carbons (Fsp3) is 0.250. The summed E-state index contributed by atoms with van der Waals surface area (Å²) in [6.45, 7) is 1.86. The van der Waals surface area contributed by atoms with E-state index < -0.39 is 0 Å². The lowest BCUT2D eigenvalue weighted by Crippen LogP contribution is -2.12. The van der Waals surface area contributed by atoms with Crippen LogP contribution in [0.4, 0.5) is 0 Å². The van der Waals surface area contributed by atoms with Gasteiger partial charge >= 0.3 is 0 Å². The minimum absolute atomic E-state index is 0.0245. The van der Waals surface area contributed by atoms with Gasteiger partial charge in [0, 0.05) is 16.5 Å². The lowest BCUT2D eigenvalue weighted by atomic mass is 9.91. The van der Waals surface area contributed by atoms with Crippen molar-refractivity contribution in [3.63, 3.8) is 0 Å². The minimum atomic E-state index is -0.159. The molecule has 0 saturated carbocycles. The van der Waals surface area contributed by atoms with Crippen LogP contribution in [0.5, 0.6) is 5.75 Å². The van der Waals surface area contributed by atoms with E-state index in [2.05, 4.69) is 60.7 Å². The Kier molecular flexibility index (Phi) is 4.61. The number of hydrogen-bond donors (Lipinski definition) is 1. The fourth-order valence-corrected chi connectivity index (χ4v) is 4.30. The third-order valence-corrected chi connectivity index (χ3v) is 5.38. The molecule has 1 unspecified atom stereocenters. The maximum Gasteiger partial charge on any atom is 0.135 e. The van der Waals surface area contributed by atoms with Crippen LogP contribution in [0, 0.1) is 0 Å². The molecule has 0 amide bonds. The Bertz CT molecular complexity index is 1050. The molecular weight excluding hydrogens is 352 g/mol. The predicted octanol–water partition coefficient (Wildman–Crippen LogP) is 4.34. The number of rotatable bonds is 6. The van der Waals surface area contributed by atoms with Crippen LogP contribution in [0.3, 0.4) is 0 Å². The maximum atomic E-state index is 8.88. The molecule has 0 aromatic heterocycles. The molecule has 0 fully saturated rings. The highest BCUT2D eigenvalue weighted by molar-refractivity contribution is 6.07. The molecule has 28 heavy (non-hydrogen) atoms. The molecule has 5 rings (SSSR count). The fourth-order valence-electron chi connectivity index (χ4n) is 4.30. The van der Waals surface area contributed by atoms with Gasteiger partial charge < -0.3 is 19.3 Å². The Morgan fingerprint density at radius 2 is 1.79 bits per heavy atom. The zero-order valence-corrected chi connectivity index (χ0v) is 15.6. The zero-order valence-electron chi connectivity index (χ0n) is 15.6. The molecule has 1 aliphatic heterocycles. The largest absolute Gasteiger partial charge is 0.488 e. The van der Waals surface area contributed by atoms with E-state index >= 15 is 0 Å². The molecule has 2 aliphatic rings. The summed E-state index contributed by atoms with van der Waals surface area (Å²) >= 11 is 0. The van der Waals surface area contributed by atoms with Crippen molar-refractivity contribution in [1.29, 1.82) is 0 Å². The van der Waals surface area contributed by atoms with Crippen LogP contribution in [-0.2, 0) is 9.47 Å². The number of aliphatic hydroxyl groups excluding tert-OH is 1. The SMILES string of the molecule is OCCOCCOC1c2ccccc2-c2c1c1c(c3ccccc23)OCC=C1. The third kappa shape index (κ3) is 2.73. The first kappa shape index (κ1) is 17.4. The van der Waals surface area contributed by atoms with Gasteiger partial charge in [-0.15, -0.1) is 0 Å². The van der Waals surface area contributed by atoms with E-state index in [0.717, 1.165) is 16.7 Å². The number of hydrogen-bond acceptors (Lipinski definition) is 4. The summed E-state index contributed by atoms with van der Waals surface area (Å²) in [6, 6.07) is 16.9. The highest BCUT2D eigenvalue weighted by atomic mass is 16.5. The van der Waals surface area contributed by atoms with Gasteiger partial charge in [0.2, 0.25) is 0 Å². The summed E-state index contributed by atoms with van der Waals surface area (Å²) in [6.07, 6.45) is 4.06. The highest BCUT2D eigenvalue weighted by Crippen LogP contribution is 2.53. The van der Waals surface area contributed by atoms with Crippen LogP contribution in [0.15, 0.2) is 54.6 Å². The van der Waals surface area contributed by atoms with Crippen LogP contribution in [0.25, 0.3) is 28.0 Å². The van der Waals surface area contributed by atoms with Crippen LogP contribution < -0.4 is 4.74 Å². The van der Waals surface area contributed by atoms with Crippen molar-refractivity contribution in [3.05, 3.63) is 71.3 Å². The summed E-state index contributed by atoms with van der Waals surface area (Å²) < 4.78 is 17.8. The van der Waals surface area contributed by atoms with E-state index in [0.29, 0.717) is 26.4 Å². The maximum absolute atomic E-state index is 8.88. The number of benzene rings is 3. The van der Waals surface area contributed by atoms with E-state index in [1.165, 1.54) is 27.6 Å². The van der Waals surface area contributed by atoms with Crippen molar-refractivity contribution in [2.45, 2.75) is 6.10 Å². The predicted molar refractivity (Wildman–Crippen MR) is 110 cm³/mol. The molecule has 1 aliphatic carbocycles. The van der Waals surface area contributed by atoms with Crippen molar-refractivity contribution in [3.8, 4) is 16.9 Å². The van der Waals surface area contributed by atoms with E-state index in [1.807, 2.05) is 0 Å². The topological polar surface area (TPSA) is 47.9 Å². The molecule has 4 heteroatoms. The van der Waals surface area contributed by atoms with Crippen molar-refractivity contribution < 1.29 is 19.3 Å². The third-order valence-electron chi connectivity index (χ3n) is 5.38. The van der Waals surface area contributed by atoms with Gasteiger partial charge in [0.1, 0.15) is 18.5 Å². The zero-order chi connectivity index (χ0) is 18.9. The Morgan fingerprint density at radius 3 is 2.68 bits per heavy atom. The van der Waals surface area contributed by atoms with E-state index in [4.69, 9.17) is 19.3 Å². The van der Waals surface area contributed by atoms with Gasteiger partial charge in [-0.3, -0.25) is 0 Å². The van der Waals surface area contributed by atoms with Crippen LogP contribution in [-0.4, -0.2) is 38.1 Å². The van der Waals surface area contributed by atoms with Crippen molar-refractivity contribution in [1.82, 2.24) is 0 Å². The van der Waals surface area contributed by atoms with E-state index in [1.54, 1.807) is 0 Å². The Hall–Kier alpha value is -2.66. The van der Waals surface area contributed by atoms with Gasteiger partial charge in [-0.1, -0.05) is 54.6 Å². The molecule has 1 atom stereocenters. The van der Waals surface area contributed by atoms with Crippen molar-refractivity contribution in [2.24, 2.45) is 0 Å². The first-order chi connectivity index (χ1) is 13.9. The second-order valence-electron chi connectivity index (χ2n) is 6.96. The second kappa shape index (κ2) is 7.40. The molecule has 1 heterocycles. The first-order valence-electron chi connectivity index (χ1n) is 9.67.